The molecular formula is C13H19BrClN. The van der Waals surface area contributed by atoms with Crippen molar-refractivity contribution in [3.8, 4) is 0 Å². The van der Waals surface area contributed by atoms with Crippen molar-refractivity contribution in [1.82, 2.24) is 0 Å². The molecule has 3 heteroatoms. The normalized spacial score (nSPS) is 10.5. The number of unbranched alkanes of at least 4 members (excludes halogenated alkanes) is 2. The first kappa shape index (κ1) is 13.9. The molecule has 0 aliphatic carbocycles. The van der Waals surface area contributed by atoms with E-state index in [4.69, 9.17) is 11.6 Å². The van der Waals surface area contributed by atoms with Crippen molar-refractivity contribution in [2.45, 2.75) is 31.5 Å². The zero-order valence-corrected chi connectivity index (χ0v) is 12.3. The third-order valence-electron chi connectivity index (χ3n) is 2.70. The summed E-state index contributed by atoms with van der Waals surface area (Å²) in [5.74, 6) is 0. The molecule has 0 radical (unpaired) electrons. The Morgan fingerprint density at radius 3 is 2.69 bits per heavy atom. The third-order valence-corrected chi connectivity index (χ3v) is 3.54. The Morgan fingerprint density at radius 1 is 1.31 bits per heavy atom. The summed E-state index contributed by atoms with van der Waals surface area (Å²) >= 11 is 9.55. The van der Waals surface area contributed by atoms with Gasteiger partial charge in [-0.05, 0) is 24.1 Å². The summed E-state index contributed by atoms with van der Waals surface area (Å²) in [5, 5.41) is 1.68. The number of rotatable bonds is 6. The van der Waals surface area contributed by atoms with Crippen molar-refractivity contribution in [2.75, 3.05) is 18.5 Å². The van der Waals surface area contributed by atoms with E-state index in [1.807, 2.05) is 12.1 Å². The van der Waals surface area contributed by atoms with E-state index < -0.39 is 0 Å². The molecular weight excluding hydrogens is 286 g/mol. The number of alkyl halides is 1. The summed E-state index contributed by atoms with van der Waals surface area (Å²) < 4.78 is 0. The van der Waals surface area contributed by atoms with Crippen molar-refractivity contribution < 1.29 is 0 Å². The van der Waals surface area contributed by atoms with Gasteiger partial charge in [-0.15, -0.1) is 0 Å². The van der Waals surface area contributed by atoms with Crippen molar-refractivity contribution in [2.24, 2.45) is 0 Å². The largest absolute Gasteiger partial charge is 0.374 e. The highest BCUT2D eigenvalue weighted by atomic mass is 79.9. The summed E-state index contributed by atoms with van der Waals surface area (Å²) in [5.41, 5.74) is 2.53. The van der Waals surface area contributed by atoms with Crippen LogP contribution in [0.5, 0.6) is 0 Å². The van der Waals surface area contributed by atoms with Gasteiger partial charge >= 0.3 is 0 Å². The quantitative estimate of drug-likeness (QED) is 0.536. The Morgan fingerprint density at radius 2 is 2.06 bits per heavy atom. The SMILES string of the molecule is CCCCCN(C)c1cc(Cl)ccc1CBr. The number of nitrogens with zero attached hydrogens (tertiary/aromatic N) is 1. The Kier molecular flexibility index (Phi) is 6.22. The van der Waals surface area contributed by atoms with Gasteiger partial charge in [-0.1, -0.05) is 53.4 Å². The fraction of sp³-hybridized carbons (Fsp3) is 0.538. The van der Waals surface area contributed by atoms with Crippen LogP contribution in [0.15, 0.2) is 18.2 Å². The van der Waals surface area contributed by atoms with Gasteiger partial charge in [-0.2, -0.15) is 0 Å². The number of hydrogen-bond acceptors (Lipinski definition) is 1. The van der Waals surface area contributed by atoms with Crippen LogP contribution in [0.3, 0.4) is 0 Å². The molecule has 0 atom stereocenters. The molecule has 0 amide bonds. The number of anilines is 1. The van der Waals surface area contributed by atoms with Gasteiger partial charge in [-0.25, -0.2) is 0 Å². The van der Waals surface area contributed by atoms with Crippen molar-refractivity contribution >= 4 is 33.2 Å². The summed E-state index contributed by atoms with van der Waals surface area (Å²) in [6, 6.07) is 6.08. The predicted molar refractivity (Wildman–Crippen MR) is 76.9 cm³/mol. The van der Waals surface area contributed by atoms with E-state index in [9.17, 15) is 0 Å². The van der Waals surface area contributed by atoms with E-state index in [2.05, 4.69) is 40.9 Å². The summed E-state index contributed by atoms with van der Waals surface area (Å²) in [4.78, 5) is 2.29. The summed E-state index contributed by atoms with van der Waals surface area (Å²) in [6.45, 7) is 3.32. The van der Waals surface area contributed by atoms with Crippen LogP contribution in [0.25, 0.3) is 0 Å². The van der Waals surface area contributed by atoms with Gasteiger partial charge in [0.05, 0.1) is 0 Å². The van der Waals surface area contributed by atoms with Gasteiger partial charge in [0.25, 0.3) is 0 Å². The van der Waals surface area contributed by atoms with Crippen molar-refractivity contribution in [3.05, 3.63) is 28.8 Å². The second-order valence-corrected chi connectivity index (χ2v) is 5.03. The molecule has 1 aromatic carbocycles. The lowest BCUT2D eigenvalue weighted by molar-refractivity contribution is 0.704. The highest BCUT2D eigenvalue weighted by Gasteiger charge is 2.07. The lowest BCUT2D eigenvalue weighted by Gasteiger charge is -2.22. The molecule has 90 valence electrons. The van der Waals surface area contributed by atoms with Crippen LogP contribution in [0.1, 0.15) is 31.7 Å². The Labute approximate surface area is 112 Å². The van der Waals surface area contributed by atoms with Crippen molar-refractivity contribution in [1.29, 1.82) is 0 Å². The molecule has 0 saturated heterocycles. The summed E-state index contributed by atoms with van der Waals surface area (Å²) in [7, 11) is 2.13. The Hall–Kier alpha value is -0.210. The van der Waals surface area contributed by atoms with Crippen LogP contribution in [0, 0.1) is 0 Å². The Bertz CT molecular complexity index is 328. The van der Waals surface area contributed by atoms with Gasteiger partial charge in [0.15, 0.2) is 0 Å². The molecule has 0 aliphatic rings. The second-order valence-electron chi connectivity index (χ2n) is 4.04. The fourth-order valence-electron chi connectivity index (χ4n) is 1.72. The number of halogens is 2. The third kappa shape index (κ3) is 3.99. The monoisotopic (exact) mass is 303 g/mol. The minimum Gasteiger partial charge on any atom is -0.374 e. The van der Waals surface area contributed by atoms with E-state index in [1.165, 1.54) is 30.5 Å². The van der Waals surface area contributed by atoms with Gasteiger partial charge in [0.1, 0.15) is 0 Å². The standard InChI is InChI=1S/C13H19BrClN/c1-3-4-5-8-16(2)13-9-12(15)7-6-11(13)10-14/h6-7,9H,3-5,8,10H2,1-2H3. The molecule has 0 fully saturated rings. The van der Waals surface area contributed by atoms with Crippen LogP contribution >= 0.6 is 27.5 Å². The molecule has 0 aromatic heterocycles. The van der Waals surface area contributed by atoms with E-state index >= 15 is 0 Å². The zero-order chi connectivity index (χ0) is 12.0. The van der Waals surface area contributed by atoms with Gasteiger partial charge < -0.3 is 4.90 Å². The highest BCUT2D eigenvalue weighted by Crippen LogP contribution is 2.26. The second kappa shape index (κ2) is 7.18. The Balaban J connectivity index is 2.72. The van der Waals surface area contributed by atoms with Crippen LogP contribution in [0.2, 0.25) is 5.02 Å². The van der Waals surface area contributed by atoms with E-state index in [0.717, 1.165) is 16.9 Å². The number of hydrogen-bond donors (Lipinski definition) is 0. The average molecular weight is 305 g/mol. The van der Waals surface area contributed by atoms with Crippen LogP contribution < -0.4 is 4.90 Å². The van der Waals surface area contributed by atoms with Gasteiger partial charge in [0, 0.05) is 29.6 Å². The van der Waals surface area contributed by atoms with Crippen molar-refractivity contribution in [3.63, 3.8) is 0 Å². The molecule has 0 saturated carbocycles. The first-order valence-corrected chi connectivity index (χ1v) is 7.24. The molecule has 1 rings (SSSR count). The minimum atomic E-state index is 0.807. The average Bonchev–Trinajstić information content (AvgIpc) is 2.29. The van der Waals surface area contributed by atoms with E-state index in [-0.39, 0.29) is 0 Å². The lowest BCUT2D eigenvalue weighted by atomic mass is 10.1. The van der Waals surface area contributed by atoms with Crippen LogP contribution in [0.4, 0.5) is 5.69 Å². The smallest absolute Gasteiger partial charge is 0.0426 e. The van der Waals surface area contributed by atoms with Crippen LogP contribution in [-0.4, -0.2) is 13.6 Å². The van der Waals surface area contributed by atoms with Gasteiger partial charge in [0.2, 0.25) is 0 Å². The molecule has 0 heterocycles. The molecule has 0 bridgehead atoms. The highest BCUT2D eigenvalue weighted by molar-refractivity contribution is 9.08. The van der Waals surface area contributed by atoms with E-state index in [0.29, 0.717) is 0 Å². The maximum absolute atomic E-state index is 6.04. The molecule has 1 aromatic rings. The molecule has 1 nitrogen and oxygen atoms in total. The summed E-state index contributed by atoms with van der Waals surface area (Å²) in [6.07, 6.45) is 3.78. The van der Waals surface area contributed by atoms with E-state index in [1.54, 1.807) is 0 Å². The lowest BCUT2D eigenvalue weighted by Crippen LogP contribution is -2.19. The maximum atomic E-state index is 6.04. The molecule has 0 unspecified atom stereocenters. The molecule has 0 aliphatic heterocycles. The first-order valence-electron chi connectivity index (χ1n) is 5.74. The molecule has 16 heavy (non-hydrogen) atoms. The minimum absolute atomic E-state index is 0.807. The molecule has 0 spiro atoms. The molecule has 0 N–H and O–H groups in total. The zero-order valence-electron chi connectivity index (χ0n) is 9.97. The van der Waals surface area contributed by atoms with Crippen LogP contribution in [-0.2, 0) is 5.33 Å². The van der Waals surface area contributed by atoms with Gasteiger partial charge in [-0.3, -0.25) is 0 Å². The first-order chi connectivity index (χ1) is 7.69. The topological polar surface area (TPSA) is 3.24 Å². The fourth-order valence-corrected chi connectivity index (χ4v) is 2.37. The predicted octanol–water partition coefficient (Wildman–Crippen LogP) is 4.86. The number of benzene rings is 1. The maximum Gasteiger partial charge on any atom is 0.0426 e.